The largest absolute Gasteiger partial charge is 0.488 e. The highest BCUT2D eigenvalue weighted by Crippen LogP contribution is 2.00. The summed E-state index contributed by atoms with van der Waals surface area (Å²) in [6.45, 7) is 11.3. The van der Waals surface area contributed by atoms with Crippen molar-refractivity contribution in [2.24, 2.45) is 11.8 Å². The van der Waals surface area contributed by atoms with Gasteiger partial charge in [0.25, 0.3) is 0 Å². The van der Waals surface area contributed by atoms with Crippen LogP contribution in [0.15, 0.2) is 0 Å². The molecule has 1 radical (unpaired) electrons. The fourth-order valence-corrected chi connectivity index (χ4v) is 0.940. The Kier molecular flexibility index (Phi) is 10.4. The van der Waals surface area contributed by atoms with Gasteiger partial charge in [0.1, 0.15) is 0 Å². The van der Waals surface area contributed by atoms with E-state index in [1.807, 2.05) is 6.92 Å². The molecule has 4 heteroatoms. The first-order valence-corrected chi connectivity index (χ1v) is 5.83. The fraction of sp³-hybridized carbons (Fsp3) is 1.00. The van der Waals surface area contributed by atoms with Gasteiger partial charge in [-0.3, -0.25) is 0 Å². The minimum absolute atomic E-state index is 0.411. The zero-order chi connectivity index (χ0) is 11.5. The van der Waals surface area contributed by atoms with Gasteiger partial charge in [-0.05, 0) is 12.8 Å². The molecular formula is C11H24BO3. The first kappa shape index (κ1) is 14.9. The molecule has 0 aliphatic heterocycles. The minimum atomic E-state index is 0.411. The van der Waals surface area contributed by atoms with E-state index in [0.717, 1.165) is 26.2 Å². The molecule has 89 valence electrons. The Morgan fingerprint density at radius 3 is 2.07 bits per heavy atom. The van der Waals surface area contributed by atoms with Gasteiger partial charge in [-0.25, -0.2) is 0 Å². The van der Waals surface area contributed by atoms with Crippen LogP contribution in [-0.2, 0) is 14.0 Å². The zero-order valence-electron chi connectivity index (χ0n) is 10.5. The van der Waals surface area contributed by atoms with Gasteiger partial charge in [0.15, 0.2) is 0 Å². The Balaban J connectivity index is 3.16. The van der Waals surface area contributed by atoms with Crippen molar-refractivity contribution in [1.82, 2.24) is 0 Å². The molecule has 2 unspecified atom stereocenters. The summed E-state index contributed by atoms with van der Waals surface area (Å²) in [6.07, 6.45) is 1.13. The Morgan fingerprint density at radius 1 is 0.933 bits per heavy atom. The lowest BCUT2D eigenvalue weighted by atomic mass is 10.1. The molecule has 2 atom stereocenters. The van der Waals surface area contributed by atoms with Crippen molar-refractivity contribution in [3.8, 4) is 0 Å². The molecule has 0 heterocycles. The first-order chi connectivity index (χ1) is 7.20. The number of hydrogen-bond donors (Lipinski definition) is 0. The van der Waals surface area contributed by atoms with Gasteiger partial charge in [0, 0.05) is 25.7 Å². The summed E-state index contributed by atoms with van der Waals surface area (Å²) in [5, 5.41) is 0. The van der Waals surface area contributed by atoms with Crippen LogP contribution >= 0.6 is 0 Å². The number of ether oxygens (including phenoxy) is 1. The van der Waals surface area contributed by atoms with Gasteiger partial charge < -0.3 is 14.0 Å². The molecule has 0 bridgehead atoms. The van der Waals surface area contributed by atoms with Crippen LogP contribution < -0.4 is 0 Å². The number of rotatable bonds is 10. The third-order valence-corrected chi connectivity index (χ3v) is 2.20. The van der Waals surface area contributed by atoms with Crippen molar-refractivity contribution in [1.29, 1.82) is 0 Å². The normalized spacial score (nSPS) is 14.9. The van der Waals surface area contributed by atoms with Crippen molar-refractivity contribution < 1.29 is 14.0 Å². The van der Waals surface area contributed by atoms with E-state index < -0.39 is 0 Å². The van der Waals surface area contributed by atoms with E-state index >= 15 is 0 Å². The Labute approximate surface area is 94.8 Å². The molecule has 0 fully saturated rings. The van der Waals surface area contributed by atoms with E-state index in [9.17, 15) is 0 Å². The van der Waals surface area contributed by atoms with Crippen LogP contribution in [0, 0.1) is 11.8 Å². The molecule has 0 amide bonds. The van der Waals surface area contributed by atoms with Crippen molar-refractivity contribution in [3.05, 3.63) is 0 Å². The molecule has 0 aliphatic rings. The second-order valence-electron chi connectivity index (χ2n) is 4.04. The van der Waals surface area contributed by atoms with Crippen LogP contribution in [0.25, 0.3) is 0 Å². The van der Waals surface area contributed by atoms with E-state index in [-0.39, 0.29) is 0 Å². The zero-order valence-corrected chi connectivity index (χ0v) is 10.5. The first-order valence-electron chi connectivity index (χ1n) is 5.83. The molecule has 15 heavy (non-hydrogen) atoms. The predicted octanol–water partition coefficient (Wildman–Crippen LogP) is 2.27. The standard InChI is InChI=1S/C11H24BO3/c1-5-10(3)8-14-12-15-9-11(4)7-13-6-2/h10-11H,5-9H2,1-4H3. The van der Waals surface area contributed by atoms with Crippen LogP contribution in [0.1, 0.15) is 34.1 Å². The minimum Gasteiger partial charge on any atom is -0.413 e. The van der Waals surface area contributed by atoms with E-state index in [2.05, 4.69) is 20.8 Å². The maximum atomic E-state index is 5.27. The van der Waals surface area contributed by atoms with Gasteiger partial charge in [0.2, 0.25) is 0 Å². The summed E-state index contributed by atoms with van der Waals surface area (Å²) in [4.78, 5) is 0. The molecule has 0 aromatic heterocycles. The molecule has 0 N–H and O–H groups in total. The Hall–Kier alpha value is -0.0551. The lowest BCUT2D eigenvalue weighted by Crippen LogP contribution is -2.17. The Bertz CT molecular complexity index is 133. The third kappa shape index (κ3) is 10.2. The Morgan fingerprint density at radius 2 is 1.53 bits per heavy atom. The average molecular weight is 215 g/mol. The molecule has 0 saturated carbocycles. The summed E-state index contributed by atoms with van der Waals surface area (Å²) in [7, 11) is 1.45. The predicted molar refractivity (Wildman–Crippen MR) is 62.8 cm³/mol. The molecule has 0 spiro atoms. The molecular weight excluding hydrogens is 191 g/mol. The van der Waals surface area contributed by atoms with Crippen LogP contribution in [0.4, 0.5) is 0 Å². The van der Waals surface area contributed by atoms with Crippen LogP contribution in [0.5, 0.6) is 0 Å². The van der Waals surface area contributed by atoms with E-state index in [4.69, 9.17) is 14.0 Å². The lowest BCUT2D eigenvalue weighted by Gasteiger charge is -2.12. The number of hydrogen-bond acceptors (Lipinski definition) is 3. The molecule has 3 nitrogen and oxygen atoms in total. The highest BCUT2D eigenvalue weighted by Gasteiger charge is 2.04. The van der Waals surface area contributed by atoms with E-state index in [1.54, 1.807) is 0 Å². The van der Waals surface area contributed by atoms with Gasteiger partial charge >= 0.3 is 7.69 Å². The fourth-order valence-electron chi connectivity index (χ4n) is 0.940. The summed E-state index contributed by atoms with van der Waals surface area (Å²) in [5.74, 6) is 0.999. The molecule has 0 aromatic rings. The van der Waals surface area contributed by atoms with Gasteiger partial charge in [0.05, 0.1) is 6.61 Å². The second kappa shape index (κ2) is 10.5. The maximum absolute atomic E-state index is 5.27. The highest BCUT2D eigenvalue weighted by molar-refractivity contribution is 6.17. The molecule has 0 saturated heterocycles. The molecule has 0 aromatic carbocycles. The quantitative estimate of drug-likeness (QED) is 0.413. The summed E-state index contributed by atoms with van der Waals surface area (Å²) in [5.41, 5.74) is 0. The average Bonchev–Trinajstić information content (AvgIpc) is 2.25. The van der Waals surface area contributed by atoms with Gasteiger partial charge in [-0.1, -0.05) is 27.2 Å². The van der Waals surface area contributed by atoms with Crippen molar-refractivity contribution in [2.45, 2.75) is 34.1 Å². The summed E-state index contributed by atoms with van der Waals surface area (Å²) >= 11 is 0. The van der Waals surface area contributed by atoms with Crippen LogP contribution in [0.2, 0.25) is 0 Å². The van der Waals surface area contributed by atoms with Crippen molar-refractivity contribution in [3.63, 3.8) is 0 Å². The van der Waals surface area contributed by atoms with E-state index in [1.165, 1.54) is 7.69 Å². The molecule has 0 rings (SSSR count). The highest BCUT2D eigenvalue weighted by atomic mass is 16.6. The maximum Gasteiger partial charge on any atom is 0.488 e. The second-order valence-corrected chi connectivity index (χ2v) is 4.04. The van der Waals surface area contributed by atoms with Gasteiger partial charge in [-0.15, -0.1) is 0 Å². The van der Waals surface area contributed by atoms with E-state index in [0.29, 0.717) is 18.4 Å². The SMILES string of the molecule is CCOCC(C)CO[B]OCC(C)CC. The van der Waals surface area contributed by atoms with Crippen LogP contribution in [-0.4, -0.2) is 34.1 Å². The lowest BCUT2D eigenvalue weighted by molar-refractivity contribution is 0.0869. The van der Waals surface area contributed by atoms with Crippen LogP contribution in [0.3, 0.4) is 0 Å². The summed E-state index contributed by atoms with van der Waals surface area (Å²) < 4.78 is 15.8. The van der Waals surface area contributed by atoms with Crippen molar-refractivity contribution >= 4 is 7.69 Å². The third-order valence-electron chi connectivity index (χ3n) is 2.20. The monoisotopic (exact) mass is 215 g/mol. The summed E-state index contributed by atoms with van der Waals surface area (Å²) in [6, 6.07) is 0. The molecule has 0 aliphatic carbocycles. The topological polar surface area (TPSA) is 27.7 Å². The van der Waals surface area contributed by atoms with Crippen molar-refractivity contribution in [2.75, 3.05) is 26.4 Å². The smallest absolute Gasteiger partial charge is 0.413 e. The van der Waals surface area contributed by atoms with Gasteiger partial charge in [-0.2, -0.15) is 0 Å².